The van der Waals surface area contributed by atoms with Gasteiger partial charge in [0, 0.05) is 12.2 Å². The zero-order valence-corrected chi connectivity index (χ0v) is 10.2. The predicted molar refractivity (Wildman–Crippen MR) is 66.0 cm³/mol. The van der Waals surface area contributed by atoms with Gasteiger partial charge in [0.15, 0.2) is 5.78 Å². The van der Waals surface area contributed by atoms with E-state index in [0.29, 0.717) is 12.2 Å². The van der Waals surface area contributed by atoms with Crippen LogP contribution in [-0.4, -0.2) is 46.5 Å². The standard InChI is InChI=1S/C13H20N2O2/c1-15(11-6-2-3-7-12(11)16)9-13(17)10-5-4-8-14-10/h4-5,8,11-12,14,16H,2-3,6-7,9H2,1H3. The average molecular weight is 236 g/mol. The highest BCUT2D eigenvalue weighted by Gasteiger charge is 2.27. The zero-order chi connectivity index (χ0) is 12.3. The van der Waals surface area contributed by atoms with E-state index in [4.69, 9.17) is 0 Å². The molecule has 0 bridgehead atoms. The van der Waals surface area contributed by atoms with E-state index >= 15 is 0 Å². The van der Waals surface area contributed by atoms with Gasteiger partial charge < -0.3 is 10.1 Å². The summed E-state index contributed by atoms with van der Waals surface area (Å²) in [5.41, 5.74) is 0.641. The smallest absolute Gasteiger partial charge is 0.192 e. The van der Waals surface area contributed by atoms with Crippen molar-refractivity contribution < 1.29 is 9.90 Å². The number of nitrogens with zero attached hydrogens (tertiary/aromatic N) is 1. The van der Waals surface area contributed by atoms with E-state index in [-0.39, 0.29) is 17.9 Å². The SMILES string of the molecule is CN(CC(=O)c1ccc[nH]1)C1CCCCC1O. The molecule has 1 aromatic rings. The maximum Gasteiger partial charge on any atom is 0.192 e. The second-order valence-electron chi connectivity index (χ2n) is 4.84. The van der Waals surface area contributed by atoms with Crippen molar-refractivity contribution in [2.75, 3.05) is 13.6 Å². The minimum atomic E-state index is -0.287. The number of aliphatic hydroxyl groups is 1. The number of carbonyl (C=O) groups is 1. The van der Waals surface area contributed by atoms with Gasteiger partial charge >= 0.3 is 0 Å². The number of H-pyrrole nitrogens is 1. The Hall–Kier alpha value is -1.13. The van der Waals surface area contributed by atoms with Crippen LogP contribution < -0.4 is 0 Å². The Morgan fingerprint density at radius 2 is 2.29 bits per heavy atom. The summed E-state index contributed by atoms with van der Waals surface area (Å²) in [7, 11) is 1.92. The van der Waals surface area contributed by atoms with E-state index in [9.17, 15) is 9.90 Å². The first-order valence-corrected chi connectivity index (χ1v) is 6.23. The molecule has 94 valence electrons. The molecule has 2 unspecified atom stereocenters. The highest BCUT2D eigenvalue weighted by atomic mass is 16.3. The van der Waals surface area contributed by atoms with Crippen LogP contribution in [-0.2, 0) is 0 Å². The van der Waals surface area contributed by atoms with Gasteiger partial charge in [-0.3, -0.25) is 9.69 Å². The summed E-state index contributed by atoms with van der Waals surface area (Å²) in [5, 5.41) is 9.92. The zero-order valence-electron chi connectivity index (χ0n) is 10.2. The lowest BCUT2D eigenvalue weighted by molar-refractivity contribution is 0.0321. The van der Waals surface area contributed by atoms with Crippen LogP contribution in [0.2, 0.25) is 0 Å². The van der Waals surface area contributed by atoms with Crippen molar-refractivity contribution in [2.24, 2.45) is 0 Å². The number of Topliss-reactive ketones (excluding diaryl/α,β-unsaturated/α-hetero) is 1. The second-order valence-corrected chi connectivity index (χ2v) is 4.84. The number of aromatic nitrogens is 1. The monoisotopic (exact) mass is 236 g/mol. The molecule has 2 atom stereocenters. The number of aromatic amines is 1. The fourth-order valence-electron chi connectivity index (χ4n) is 2.54. The van der Waals surface area contributed by atoms with E-state index in [1.54, 1.807) is 12.3 Å². The average Bonchev–Trinajstić information content (AvgIpc) is 2.82. The quantitative estimate of drug-likeness (QED) is 0.778. The highest BCUT2D eigenvalue weighted by Crippen LogP contribution is 2.22. The lowest BCUT2D eigenvalue weighted by Crippen LogP contribution is -2.45. The first-order chi connectivity index (χ1) is 8.18. The third-order valence-electron chi connectivity index (χ3n) is 3.55. The van der Waals surface area contributed by atoms with E-state index in [0.717, 1.165) is 25.7 Å². The molecule has 1 aromatic heterocycles. The van der Waals surface area contributed by atoms with Crippen LogP contribution in [0.3, 0.4) is 0 Å². The number of aliphatic hydroxyl groups excluding tert-OH is 1. The molecular formula is C13H20N2O2. The molecule has 1 aliphatic rings. The molecule has 17 heavy (non-hydrogen) atoms. The van der Waals surface area contributed by atoms with Crippen LogP contribution in [0.15, 0.2) is 18.3 Å². The van der Waals surface area contributed by atoms with Crippen molar-refractivity contribution in [3.63, 3.8) is 0 Å². The van der Waals surface area contributed by atoms with Gasteiger partial charge in [0.1, 0.15) is 0 Å². The van der Waals surface area contributed by atoms with Gasteiger partial charge in [-0.25, -0.2) is 0 Å². The molecule has 1 aliphatic carbocycles. The Kier molecular flexibility index (Phi) is 3.97. The maximum absolute atomic E-state index is 11.9. The maximum atomic E-state index is 11.9. The van der Waals surface area contributed by atoms with Crippen molar-refractivity contribution in [3.05, 3.63) is 24.0 Å². The summed E-state index contributed by atoms with van der Waals surface area (Å²) < 4.78 is 0. The number of nitrogens with one attached hydrogen (secondary N) is 1. The minimum Gasteiger partial charge on any atom is -0.391 e. The van der Waals surface area contributed by atoms with E-state index in [1.165, 1.54) is 0 Å². The number of hydrogen-bond acceptors (Lipinski definition) is 3. The molecule has 4 heteroatoms. The van der Waals surface area contributed by atoms with Crippen LogP contribution in [0.25, 0.3) is 0 Å². The van der Waals surface area contributed by atoms with Gasteiger partial charge in [-0.05, 0) is 32.0 Å². The van der Waals surface area contributed by atoms with Gasteiger partial charge in [0.05, 0.1) is 18.3 Å². The number of carbonyl (C=O) groups excluding carboxylic acids is 1. The molecule has 1 heterocycles. The summed E-state index contributed by atoms with van der Waals surface area (Å²) in [6, 6.07) is 3.73. The lowest BCUT2D eigenvalue weighted by Gasteiger charge is -2.34. The van der Waals surface area contributed by atoms with Gasteiger partial charge in [0.25, 0.3) is 0 Å². The number of likely N-dealkylation sites (N-methyl/N-ethyl adjacent to an activating group) is 1. The second kappa shape index (κ2) is 5.47. The minimum absolute atomic E-state index is 0.0790. The largest absolute Gasteiger partial charge is 0.391 e. The summed E-state index contributed by atoms with van der Waals surface area (Å²) in [4.78, 5) is 16.8. The summed E-state index contributed by atoms with van der Waals surface area (Å²) in [6.07, 6.45) is 5.54. The van der Waals surface area contributed by atoms with Crippen molar-refractivity contribution in [1.82, 2.24) is 9.88 Å². The number of ketones is 1. The van der Waals surface area contributed by atoms with E-state index in [2.05, 4.69) is 4.98 Å². The molecule has 0 spiro atoms. The molecule has 2 N–H and O–H groups in total. The Labute approximate surface area is 102 Å². The van der Waals surface area contributed by atoms with Crippen molar-refractivity contribution >= 4 is 5.78 Å². The molecule has 0 aliphatic heterocycles. The third kappa shape index (κ3) is 2.96. The van der Waals surface area contributed by atoms with Gasteiger partial charge in [-0.15, -0.1) is 0 Å². The molecule has 4 nitrogen and oxygen atoms in total. The van der Waals surface area contributed by atoms with Crippen LogP contribution in [0.5, 0.6) is 0 Å². The molecular weight excluding hydrogens is 216 g/mol. The highest BCUT2D eigenvalue weighted by molar-refractivity contribution is 5.95. The third-order valence-corrected chi connectivity index (χ3v) is 3.55. The Balaban J connectivity index is 1.92. The fraction of sp³-hybridized carbons (Fsp3) is 0.615. The summed E-state index contributed by atoms with van der Waals surface area (Å²) in [5.74, 6) is 0.0790. The molecule has 2 rings (SSSR count). The Morgan fingerprint density at radius 1 is 1.53 bits per heavy atom. The molecule has 1 saturated carbocycles. The van der Waals surface area contributed by atoms with Gasteiger partial charge in [-0.2, -0.15) is 0 Å². The van der Waals surface area contributed by atoms with E-state index < -0.39 is 0 Å². The van der Waals surface area contributed by atoms with Crippen LogP contribution in [0, 0.1) is 0 Å². The van der Waals surface area contributed by atoms with Crippen LogP contribution in [0.4, 0.5) is 0 Å². The van der Waals surface area contributed by atoms with Crippen LogP contribution in [0.1, 0.15) is 36.2 Å². The Bertz CT molecular complexity index is 362. The van der Waals surface area contributed by atoms with Gasteiger partial charge in [-0.1, -0.05) is 12.8 Å². The van der Waals surface area contributed by atoms with Crippen LogP contribution >= 0.6 is 0 Å². The predicted octanol–water partition coefficient (Wildman–Crippen LogP) is 1.43. The summed E-state index contributed by atoms with van der Waals surface area (Å²) >= 11 is 0. The molecule has 1 fully saturated rings. The van der Waals surface area contributed by atoms with E-state index in [1.807, 2.05) is 18.0 Å². The Morgan fingerprint density at radius 3 is 2.94 bits per heavy atom. The van der Waals surface area contributed by atoms with Crippen molar-refractivity contribution in [1.29, 1.82) is 0 Å². The molecule has 0 amide bonds. The summed E-state index contributed by atoms with van der Waals surface area (Å²) in [6.45, 7) is 0.363. The number of hydrogen-bond donors (Lipinski definition) is 2. The van der Waals surface area contributed by atoms with Crippen molar-refractivity contribution in [3.8, 4) is 0 Å². The van der Waals surface area contributed by atoms with Crippen molar-refractivity contribution in [2.45, 2.75) is 37.8 Å². The first kappa shape index (κ1) is 12.3. The number of rotatable bonds is 4. The lowest BCUT2D eigenvalue weighted by atomic mass is 9.91. The van der Waals surface area contributed by atoms with Gasteiger partial charge in [0.2, 0.25) is 0 Å². The topological polar surface area (TPSA) is 56.3 Å². The fourth-order valence-corrected chi connectivity index (χ4v) is 2.54. The first-order valence-electron chi connectivity index (χ1n) is 6.23. The molecule has 0 saturated heterocycles. The molecule has 0 aromatic carbocycles. The normalized spacial score (nSPS) is 25.1. The molecule has 0 radical (unpaired) electrons.